The summed E-state index contributed by atoms with van der Waals surface area (Å²) in [6.45, 7) is 2.07. The zero-order valence-electron chi connectivity index (χ0n) is 13.9. The molecule has 0 unspecified atom stereocenters. The van der Waals surface area contributed by atoms with Crippen LogP contribution in [0.3, 0.4) is 0 Å². The van der Waals surface area contributed by atoms with Crippen LogP contribution in [0.5, 0.6) is 0 Å². The summed E-state index contributed by atoms with van der Waals surface area (Å²) in [6.07, 6.45) is 2.15. The maximum absolute atomic E-state index is 12.4. The molecule has 0 spiro atoms. The molecule has 1 aromatic heterocycles. The van der Waals surface area contributed by atoms with Gasteiger partial charge in [-0.15, -0.1) is 0 Å². The lowest BCUT2D eigenvalue weighted by Crippen LogP contribution is -2.13. The van der Waals surface area contributed by atoms with Crippen molar-refractivity contribution in [1.29, 1.82) is 0 Å². The summed E-state index contributed by atoms with van der Waals surface area (Å²) in [5.41, 5.74) is 1.82. The molecule has 0 aliphatic heterocycles. The van der Waals surface area contributed by atoms with E-state index in [9.17, 15) is 8.42 Å². The molecule has 2 N–H and O–H groups in total. The molecule has 3 aromatic rings. The van der Waals surface area contributed by atoms with Crippen LogP contribution >= 0.6 is 23.1 Å². The molecule has 1 heterocycles. The van der Waals surface area contributed by atoms with Gasteiger partial charge in [0, 0.05) is 11.5 Å². The summed E-state index contributed by atoms with van der Waals surface area (Å²) in [5.74, 6) is 0. The Balaban J connectivity index is 1.81. The van der Waals surface area contributed by atoms with Crippen molar-refractivity contribution in [2.24, 2.45) is 0 Å². The summed E-state index contributed by atoms with van der Waals surface area (Å²) in [4.78, 5) is 3.89. The highest BCUT2D eigenvalue weighted by Gasteiger charge is 2.18. The molecular weight excluding hydrogens is 392 g/mol. The summed E-state index contributed by atoms with van der Waals surface area (Å²) >= 11 is 7.29. The van der Waals surface area contributed by atoms with Crippen LogP contribution in [0, 0.1) is 0 Å². The van der Waals surface area contributed by atoms with E-state index in [1.165, 1.54) is 18.5 Å². The lowest BCUT2D eigenvalue weighted by atomic mass is 10.0. The zero-order valence-corrected chi connectivity index (χ0v) is 16.3. The monoisotopic (exact) mass is 408 g/mol. The number of nitrogens with zero attached hydrogens (tertiary/aromatic N) is 2. The molecule has 0 radical (unpaired) electrons. The van der Waals surface area contributed by atoms with Crippen molar-refractivity contribution >= 4 is 44.0 Å². The second-order valence-electron chi connectivity index (χ2n) is 5.51. The van der Waals surface area contributed by atoms with Crippen molar-refractivity contribution in [3.8, 4) is 0 Å². The molecule has 1 atom stereocenters. The first-order valence-electron chi connectivity index (χ1n) is 7.90. The first-order chi connectivity index (χ1) is 12.5. The summed E-state index contributed by atoms with van der Waals surface area (Å²) in [5, 5.41) is 3.91. The van der Waals surface area contributed by atoms with Crippen molar-refractivity contribution in [3.05, 3.63) is 65.4 Å². The minimum Gasteiger partial charge on any atom is -0.377 e. The van der Waals surface area contributed by atoms with Gasteiger partial charge < -0.3 is 5.32 Å². The number of aromatic nitrogens is 2. The maximum atomic E-state index is 12.4. The Bertz CT molecular complexity index is 964. The maximum Gasteiger partial charge on any atom is 0.263 e. The van der Waals surface area contributed by atoms with Gasteiger partial charge in [-0.2, -0.15) is 4.37 Å². The largest absolute Gasteiger partial charge is 0.377 e. The molecule has 6 nitrogen and oxygen atoms in total. The van der Waals surface area contributed by atoms with E-state index in [-0.39, 0.29) is 16.1 Å². The number of hydrogen-bond donors (Lipinski definition) is 2. The van der Waals surface area contributed by atoms with Gasteiger partial charge in [0.25, 0.3) is 10.0 Å². The van der Waals surface area contributed by atoms with E-state index in [4.69, 9.17) is 11.6 Å². The van der Waals surface area contributed by atoms with Crippen LogP contribution in [-0.4, -0.2) is 17.8 Å². The summed E-state index contributed by atoms with van der Waals surface area (Å²) in [6, 6.07) is 14.7. The van der Waals surface area contributed by atoms with Gasteiger partial charge in [0.05, 0.1) is 21.6 Å². The van der Waals surface area contributed by atoms with Gasteiger partial charge in [-0.05, 0) is 30.2 Å². The number of hydrogen-bond acceptors (Lipinski definition) is 6. The highest BCUT2D eigenvalue weighted by atomic mass is 35.5. The van der Waals surface area contributed by atoms with Crippen molar-refractivity contribution in [2.45, 2.75) is 24.3 Å². The number of sulfonamides is 1. The molecule has 0 aliphatic rings. The average molecular weight is 409 g/mol. The Morgan fingerprint density at radius 2 is 1.96 bits per heavy atom. The highest BCUT2D eigenvalue weighted by molar-refractivity contribution is 7.93. The molecule has 0 aliphatic carbocycles. The third-order valence-electron chi connectivity index (χ3n) is 3.77. The smallest absolute Gasteiger partial charge is 0.263 e. The number of rotatable bonds is 7. The summed E-state index contributed by atoms with van der Waals surface area (Å²) < 4.78 is 31.0. The van der Waals surface area contributed by atoms with Gasteiger partial charge in [0.15, 0.2) is 0 Å². The number of halogens is 1. The van der Waals surface area contributed by atoms with Crippen LogP contribution in [0.2, 0.25) is 5.02 Å². The molecule has 0 saturated heterocycles. The van der Waals surface area contributed by atoms with Crippen molar-refractivity contribution in [3.63, 3.8) is 0 Å². The highest BCUT2D eigenvalue weighted by Crippen LogP contribution is 2.30. The van der Waals surface area contributed by atoms with Crippen LogP contribution < -0.4 is 10.0 Å². The fourth-order valence-corrected chi connectivity index (χ4v) is 4.45. The van der Waals surface area contributed by atoms with Gasteiger partial charge in [0.2, 0.25) is 5.13 Å². The van der Waals surface area contributed by atoms with Crippen LogP contribution in [0.1, 0.15) is 24.9 Å². The molecule has 0 saturated carbocycles. The van der Waals surface area contributed by atoms with Crippen LogP contribution in [0.4, 0.5) is 10.8 Å². The Hall–Kier alpha value is -2.16. The molecule has 0 bridgehead atoms. The van der Waals surface area contributed by atoms with Gasteiger partial charge in [-0.25, -0.2) is 13.4 Å². The van der Waals surface area contributed by atoms with Crippen LogP contribution in [0.15, 0.2) is 59.8 Å². The van der Waals surface area contributed by atoms with E-state index < -0.39 is 10.0 Å². The molecule has 0 fully saturated rings. The topological polar surface area (TPSA) is 84.0 Å². The average Bonchev–Trinajstić information content (AvgIpc) is 3.13. The van der Waals surface area contributed by atoms with E-state index in [1.54, 1.807) is 6.07 Å². The standard InChI is InChI=1S/C17H17ClN4O2S2/c1-2-15(12-6-4-3-5-7-12)21-16-9-8-13(10-14(16)18)26(23,24)22-17-19-11-20-25-17/h3-11,15,21H,2H2,1H3,(H,19,20,22)/t15-/m0/s1. The Labute approximate surface area is 161 Å². The first kappa shape index (κ1) is 18.6. The predicted octanol–water partition coefficient (Wildman–Crippen LogP) is 4.56. The SMILES string of the molecule is CC[C@H](Nc1ccc(S(=O)(=O)Nc2ncns2)cc1Cl)c1ccccc1. The Kier molecular flexibility index (Phi) is 5.75. The number of nitrogens with one attached hydrogen (secondary N) is 2. The Morgan fingerprint density at radius 1 is 1.19 bits per heavy atom. The summed E-state index contributed by atoms with van der Waals surface area (Å²) in [7, 11) is -3.76. The molecule has 3 rings (SSSR count). The molecule has 9 heteroatoms. The van der Waals surface area contributed by atoms with Crippen molar-refractivity contribution in [1.82, 2.24) is 9.36 Å². The molecular formula is C17H17ClN4O2S2. The quantitative estimate of drug-likeness (QED) is 0.598. The fourth-order valence-electron chi connectivity index (χ4n) is 2.47. The molecule has 0 amide bonds. The molecule has 2 aromatic carbocycles. The minimum atomic E-state index is -3.76. The van der Waals surface area contributed by atoms with E-state index in [0.717, 1.165) is 23.5 Å². The van der Waals surface area contributed by atoms with E-state index in [2.05, 4.69) is 26.3 Å². The van der Waals surface area contributed by atoms with Crippen LogP contribution in [0.25, 0.3) is 0 Å². The lowest BCUT2D eigenvalue weighted by Gasteiger charge is -2.20. The predicted molar refractivity (Wildman–Crippen MR) is 105 cm³/mol. The normalized spacial score (nSPS) is 12.5. The molecule has 26 heavy (non-hydrogen) atoms. The lowest BCUT2D eigenvalue weighted by molar-refractivity contribution is 0.601. The van der Waals surface area contributed by atoms with Crippen molar-refractivity contribution in [2.75, 3.05) is 10.0 Å². The van der Waals surface area contributed by atoms with Gasteiger partial charge in [0.1, 0.15) is 6.33 Å². The van der Waals surface area contributed by atoms with Gasteiger partial charge in [-0.3, -0.25) is 4.72 Å². The third-order valence-corrected chi connectivity index (χ3v) is 6.13. The zero-order chi connectivity index (χ0) is 18.6. The van der Waals surface area contributed by atoms with E-state index >= 15 is 0 Å². The second-order valence-corrected chi connectivity index (χ2v) is 8.38. The Morgan fingerprint density at radius 3 is 2.58 bits per heavy atom. The second kappa shape index (κ2) is 8.03. The minimum absolute atomic E-state index is 0.0657. The first-order valence-corrected chi connectivity index (χ1v) is 10.5. The fraction of sp³-hybridized carbons (Fsp3) is 0.176. The third kappa shape index (κ3) is 4.32. The van der Waals surface area contributed by atoms with Crippen molar-refractivity contribution < 1.29 is 8.42 Å². The van der Waals surface area contributed by atoms with Crippen LogP contribution in [-0.2, 0) is 10.0 Å². The van der Waals surface area contributed by atoms with E-state index in [1.807, 2.05) is 30.3 Å². The number of benzene rings is 2. The van der Waals surface area contributed by atoms with Gasteiger partial charge >= 0.3 is 0 Å². The van der Waals surface area contributed by atoms with E-state index in [0.29, 0.717) is 10.7 Å². The number of anilines is 2. The van der Waals surface area contributed by atoms with Gasteiger partial charge in [-0.1, -0.05) is 48.9 Å². The molecule has 136 valence electrons.